The molecule has 0 saturated carbocycles. The van der Waals surface area contributed by atoms with Crippen molar-refractivity contribution in [2.75, 3.05) is 23.0 Å². The summed E-state index contributed by atoms with van der Waals surface area (Å²) in [5.41, 5.74) is 2.37. The lowest BCUT2D eigenvalue weighted by Crippen LogP contribution is -2.23. The topological polar surface area (TPSA) is 132 Å². The molecule has 2 amide bonds. The number of carbonyl (C=O) groups is 1. The van der Waals surface area contributed by atoms with Crippen molar-refractivity contribution in [1.29, 1.82) is 0 Å². The maximum Gasteiger partial charge on any atom is 0.324 e. The van der Waals surface area contributed by atoms with Gasteiger partial charge in [0.05, 0.1) is 23.3 Å². The molecule has 2 aromatic carbocycles. The number of hydrogen-bond acceptors (Lipinski definition) is 7. The number of hydrogen-bond donors (Lipinski definition) is 3. The summed E-state index contributed by atoms with van der Waals surface area (Å²) in [5, 5.41) is 12.9. The Hall–Kier alpha value is -5.13. The van der Waals surface area contributed by atoms with Gasteiger partial charge in [0.1, 0.15) is 22.8 Å². The van der Waals surface area contributed by atoms with E-state index in [0.29, 0.717) is 34.1 Å². The molecule has 0 spiro atoms. The number of para-hydroxylation sites is 1. The summed E-state index contributed by atoms with van der Waals surface area (Å²) in [5.74, 6) is 0.103. The highest BCUT2D eigenvalue weighted by molar-refractivity contribution is 6.00. The molecule has 0 radical (unpaired) electrons. The van der Waals surface area contributed by atoms with Crippen LogP contribution in [0.3, 0.4) is 0 Å². The summed E-state index contributed by atoms with van der Waals surface area (Å²) < 4.78 is 18.1. The van der Waals surface area contributed by atoms with Gasteiger partial charge in [0.2, 0.25) is 5.95 Å². The van der Waals surface area contributed by atoms with Crippen molar-refractivity contribution in [1.82, 2.24) is 29.3 Å². The molecular weight excluding hydrogens is 525 g/mol. The van der Waals surface area contributed by atoms with Crippen molar-refractivity contribution < 1.29 is 9.18 Å². The lowest BCUT2D eigenvalue weighted by atomic mass is 9.92. The zero-order valence-corrected chi connectivity index (χ0v) is 23.6. The SMILES string of the molecule is CNc1ncc2nc(-c3cc(NC(=O)Nc4cc(C(C)(C)C)nn4-c4ccccc4)c(F)cc3C)c(=O)n(C)c2n1. The third-order valence-corrected chi connectivity index (χ3v) is 6.57. The van der Waals surface area contributed by atoms with Crippen LogP contribution in [0.1, 0.15) is 32.0 Å². The van der Waals surface area contributed by atoms with Crippen LogP contribution in [-0.4, -0.2) is 42.4 Å². The molecule has 41 heavy (non-hydrogen) atoms. The standard InChI is InChI=1S/C29H30FN9O2/c1-16-12-19(30)20(13-18(16)24-26(40)38(6)25-21(33-24)15-32-27(31-5)36-25)34-28(41)35-23-14-22(29(2,3)4)37-39(23)17-10-8-7-9-11-17/h7-15H,1-6H3,(H,31,32,36)(H2,34,35,41). The van der Waals surface area contributed by atoms with E-state index in [0.717, 1.165) is 11.4 Å². The molecule has 12 heteroatoms. The molecule has 0 unspecified atom stereocenters. The van der Waals surface area contributed by atoms with Gasteiger partial charge in [0.15, 0.2) is 5.65 Å². The number of aryl methyl sites for hydroxylation is 2. The predicted molar refractivity (Wildman–Crippen MR) is 157 cm³/mol. The second-order valence-electron chi connectivity index (χ2n) is 10.6. The van der Waals surface area contributed by atoms with E-state index < -0.39 is 17.4 Å². The van der Waals surface area contributed by atoms with E-state index in [9.17, 15) is 9.59 Å². The highest BCUT2D eigenvalue weighted by atomic mass is 19.1. The maximum atomic E-state index is 15.1. The third-order valence-electron chi connectivity index (χ3n) is 6.57. The van der Waals surface area contributed by atoms with Gasteiger partial charge in [-0.2, -0.15) is 10.1 Å². The number of anilines is 3. The average Bonchev–Trinajstić information content (AvgIpc) is 3.37. The maximum absolute atomic E-state index is 15.1. The Morgan fingerprint density at radius 1 is 1.02 bits per heavy atom. The third kappa shape index (κ3) is 5.36. The van der Waals surface area contributed by atoms with Crippen molar-refractivity contribution in [2.24, 2.45) is 7.05 Å². The van der Waals surface area contributed by atoms with Gasteiger partial charge in [0, 0.05) is 31.1 Å². The van der Waals surface area contributed by atoms with E-state index >= 15 is 4.39 Å². The first-order valence-electron chi connectivity index (χ1n) is 12.9. The normalized spacial score (nSPS) is 11.5. The number of rotatable bonds is 5. The first-order chi connectivity index (χ1) is 19.5. The number of nitrogens with one attached hydrogen (secondary N) is 3. The monoisotopic (exact) mass is 555 g/mol. The second-order valence-corrected chi connectivity index (χ2v) is 10.6. The molecule has 210 valence electrons. The van der Waals surface area contributed by atoms with Crippen LogP contribution in [0, 0.1) is 12.7 Å². The molecule has 5 aromatic rings. The Bertz CT molecular complexity index is 1840. The van der Waals surface area contributed by atoms with Crippen LogP contribution in [0.15, 0.2) is 59.5 Å². The van der Waals surface area contributed by atoms with Crippen molar-refractivity contribution in [3.63, 3.8) is 0 Å². The summed E-state index contributed by atoms with van der Waals surface area (Å²) in [4.78, 5) is 39.4. The fourth-order valence-corrected chi connectivity index (χ4v) is 4.31. The zero-order valence-electron chi connectivity index (χ0n) is 23.6. The first kappa shape index (κ1) is 27.4. The molecule has 3 heterocycles. The first-order valence-corrected chi connectivity index (χ1v) is 12.9. The summed E-state index contributed by atoms with van der Waals surface area (Å²) in [6.45, 7) is 7.73. The van der Waals surface area contributed by atoms with Crippen LogP contribution in [0.25, 0.3) is 28.1 Å². The number of fused-ring (bicyclic) bond motifs is 1. The molecular formula is C29H30FN9O2. The van der Waals surface area contributed by atoms with Crippen LogP contribution in [0.5, 0.6) is 0 Å². The lowest BCUT2D eigenvalue weighted by molar-refractivity contribution is 0.262. The van der Waals surface area contributed by atoms with Crippen LogP contribution >= 0.6 is 0 Å². The minimum atomic E-state index is -0.677. The summed E-state index contributed by atoms with van der Waals surface area (Å²) in [6.07, 6.45) is 1.50. The lowest BCUT2D eigenvalue weighted by Gasteiger charge is -2.14. The van der Waals surface area contributed by atoms with Gasteiger partial charge in [-0.05, 0) is 36.8 Å². The number of halogens is 1. The number of nitrogens with zero attached hydrogens (tertiary/aromatic N) is 6. The molecule has 0 fully saturated rings. The van der Waals surface area contributed by atoms with E-state index in [4.69, 9.17) is 0 Å². The fourth-order valence-electron chi connectivity index (χ4n) is 4.31. The van der Waals surface area contributed by atoms with Gasteiger partial charge in [0.25, 0.3) is 5.56 Å². The number of amides is 2. The average molecular weight is 556 g/mol. The van der Waals surface area contributed by atoms with Crippen LogP contribution < -0.4 is 21.5 Å². The van der Waals surface area contributed by atoms with E-state index in [1.165, 1.54) is 22.9 Å². The second kappa shape index (κ2) is 10.5. The Labute approximate surface area is 235 Å². The molecule has 0 atom stereocenters. The van der Waals surface area contributed by atoms with Crippen LogP contribution in [-0.2, 0) is 12.5 Å². The quantitative estimate of drug-likeness (QED) is 0.278. The molecule has 0 saturated heterocycles. The van der Waals surface area contributed by atoms with Gasteiger partial charge >= 0.3 is 6.03 Å². The van der Waals surface area contributed by atoms with Crippen LogP contribution in [0.2, 0.25) is 0 Å². The number of carbonyl (C=O) groups excluding carboxylic acids is 1. The Kier molecular flexibility index (Phi) is 6.99. The smallest absolute Gasteiger partial charge is 0.324 e. The number of benzene rings is 2. The van der Waals surface area contributed by atoms with E-state index in [1.54, 1.807) is 31.8 Å². The molecule has 0 bridgehead atoms. The predicted octanol–water partition coefficient (Wildman–Crippen LogP) is 5.01. The van der Waals surface area contributed by atoms with Crippen molar-refractivity contribution in [3.8, 4) is 16.9 Å². The van der Waals surface area contributed by atoms with Gasteiger partial charge in [-0.3, -0.25) is 14.7 Å². The fraction of sp³-hybridized carbons (Fsp3) is 0.241. The number of aromatic nitrogens is 6. The molecule has 0 aliphatic heterocycles. The van der Waals surface area contributed by atoms with Gasteiger partial charge in [-0.15, -0.1) is 0 Å². The van der Waals surface area contributed by atoms with Crippen molar-refractivity contribution in [3.05, 3.63) is 82.2 Å². The summed E-state index contributed by atoms with van der Waals surface area (Å²) in [7, 11) is 3.25. The van der Waals surface area contributed by atoms with E-state index in [2.05, 4.69) is 36.0 Å². The Morgan fingerprint density at radius 2 is 1.76 bits per heavy atom. The van der Waals surface area contributed by atoms with E-state index in [-0.39, 0.29) is 16.8 Å². The molecule has 0 aliphatic carbocycles. The summed E-state index contributed by atoms with van der Waals surface area (Å²) >= 11 is 0. The van der Waals surface area contributed by atoms with Gasteiger partial charge < -0.3 is 10.6 Å². The molecule has 11 nitrogen and oxygen atoms in total. The van der Waals surface area contributed by atoms with Gasteiger partial charge in [-0.1, -0.05) is 39.0 Å². The largest absolute Gasteiger partial charge is 0.357 e. The van der Waals surface area contributed by atoms with E-state index in [1.807, 2.05) is 51.1 Å². The molecule has 3 N–H and O–H groups in total. The summed E-state index contributed by atoms with van der Waals surface area (Å²) in [6, 6.07) is 13.1. The van der Waals surface area contributed by atoms with Crippen molar-refractivity contribution >= 4 is 34.6 Å². The Morgan fingerprint density at radius 3 is 2.44 bits per heavy atom. The van der Waals surface area contributed by atoms with Crippen LogP contribution in [0.4, 0.5) is 26.6 Å². The highest BCUT2D eigenvalue weighted by Gasteiger charge is 2.22. The highest BCUT2D eigenvalue weighted by Crippen LogP contribution is 2.29. The van der Waals surface area contributed by atoms with Crippen molar-refractivity contribution in [2.45, 2.75) is 33.1 Å². The minimum absolute atomic E-state index is 0.0822. The molecule has 5 rings (SSSR count). The molecule has 0 aliphatic rings. The molecule has 3 aromatic heterocycles. The van der Waals surface area contributed by atoms with Gasteiger partial charge in [-0.25, -0.2) is 23.8 Å². The minimum Gasteiger partial charge on any atom is -0.357 e. The Balaban J connectivity index is 1.49. The number of urea groups is 1. The zero-order chi connectivity index (χ0) is 29.5.